The molecule has 1 heterocycles. The van der Waals surface area contributed by atoms with Crippen molar-refractivity contribution in [2.24, 2.45) is 0 Å². The Balaban J connectivity index is 1.53. The summed E-state index contributed by atoms with van der Waals surface area (Å²) in [6.45, 7) is -0.362. The van der Waals surface area contributed by atoms with Gasteiger partial charge in [-0.15, -0.1) is 13.2 Å². The molecule has 3 aromatic rings. The fraction of sp³-hybridized carbons (Fsp3) is 0.227. The second-order valence-corrected chi connectivity index (χ2v) is 8.03. The Labute approximate surface area is 201 Å². The fourth-order valence-electron chi connectivity index (χ4n) is 2.87. The number of halogens is 4. The molecular formula is C22H20F4N4O4S. The van der Waals surface area contributed by atoms with Crippen molar-refractivity contribution in [3.8, 4) is 5.75 Å². The fourth-order valence-corrected chi connectivity index (χ4v) is 3.67. The summed E-state index contributed by atoms with van der Waals surface area (Å²) in [5, 5.41) is 15.1. The minimum Gasteiger partial charge on any atom is -0.406 e. The minimum atomic E-state index is -4.81. The Morgan fingerprint density at radius 3 is 2.37 bits per heavy atom. The van der Waals surface area contributed by atoms with Crippen LogP contribution in [0.5, 0.6) is 5.75 Å². The minimum absolute atomic E-state index is 0.111. The molecule has 0 aliphatic heterocycles. The van der Waals surface area contributed by atoms with Crippen LogP contribution in [0.3, 0.4) is 0 Å². The van der Waals surface area contributed by atoms with Gasteiger partial charge in [0.25, 0.3) is 0 Å². The highest BCUT2D eigenvalue weighted by molar-refractivity contribution is 7.99. The van der Waals surface area contributed by atoms with Crippen LogP contribution in [-0.2, 0) is 29.3 Å². The number of nitrogens with one attached hydrogen (secondary N) is 2. The molecule has 8 nitrogen and oxygen atoms in total. The van der Waals surface area contributed by atoms with Crippen molar-refractivity contribution in [3.05, 3.63) is 71.8 Å². The van der Waals surface area contributed by atoms with E-state index < -0.39 is 18.0 Å². The number of carbonyl (C=O) groups excluding carboxylic acids is 2. The zero-order valence-electron chi connectivity index (χ0n) is 18.0. The number of amides is 2. The number of aliphatic hydroxyl groups is 1. The lowest BCUT2D eigenvalue weighted by Crippen LogP contribution is -2.28. The first kappa shape index (κ1) is 26.0. The SMILES string of the molecule is O=C(Cn1c(CO)cnc1SCC(=O)Nc1ccc(OC(F)(F)F)cc1)NCc1ccc(F)cc1. The van der Waals surface area contributed by atoms with E-state index in [-0.39, 0.29) is 42.9 Å². The summed E-state index contributed by atoms with van der Waals surface area (Å²) in [4.78, 5) is 28.8. The molecule has 0 fully saturated rings. The average Bonchev–Trinajstić information content (AvgIpc) is 3.19. The Morgan fingerprint density at radius 1 is 1.06 bits per heavy atom. The first-order valence-electron chi connectivity index (χ1n) is 10.1. The van der Waals surface area contributed by atoms with E-state index in [1.54, 1.807) is 12.1 Å². The number of rotatable bonds is 10. The molecule has 2 amide bonds. The van der Waals surface area contributed by atoms with Gasteiger partial charge in [0.05, 0.1) is 24.3 Å². The van der Waals surface area contributed by atoms with Gasteiger partial charge in [0.2, 0.25) is 11.8 Å². The zero-order valence-corrected chi connectivity index (χ0v) is 18.8. The maximum Gasteiger partial charge on any atom is 0.573 e. The number of carbonyl (C=O) groups is 2. The van der Waals surface area contributed by atoms with Crippen molar-refractivity contribution in [1.29, 1.82) is 0 Å². The van der Waals surface area contributed by atoms with Gasteiger partial charge in [-0.3, -0.25) is 9.59 Å². The number of aliphatic hydroxyl groups excluding tert-OH is 1. The Bertz CT molecular complexity index is 1150. The van der Waals surface area contributed by atoms with E-state index in [1.807, 2.05) is 0 Å². The van der Waals surface area contributed by atoms with Gasteiger partial charge in [0.15, 0.2) is 5.16 Å². The molecule has 35 heavy (non-hydrogen) atoms. The number of alkyl halides is 3. The molecule has 0 aliphatic carbocycles. The molecular weight excluding hydrogens is 492 g/mol. The van der Waals surface area contributed by atoms with E-state index in [0.29, 0.717) is 16.4 Å². The Kier molecular flexibility index (Phi) is 8.71. The number of imidazole rings is 1. The third-order valence-electron chi connectivity index (χ3n) is 4.47. The lowest BCUT2D eigenvalue weighted by atomic mass is 10.2. The van der Waals surface area contributed by atoms with Gasteiger partial charge in [-0.1, -0.05) is 23.9 Å². The molecule has 0 aliphatic rings. The number of aromatic nitrogens is 2. The molecule has 0 saturated heterocycles. The first-order chi connectivity index (χ1) is 16.6. The summed E-state index contributed by atoms with van der Waals surface area (Å²) in [7, 11) is 0. The Morgan fingerprint density at radius 2 is 1.74 bits per heavy atom. The van der Waals surface area contributed by atoms with Crippen molar-refractivity contribution < 1.29 is 37.0 Å². The number of benzene rings is 2. The van der Waals surface area contributed by atoms with E-state index in [0.717, 1.165) is 23.9 Å². The number of ether oxygens (including phenoxy) is 1. The number of hydrogen-bond donors (Lipinski definition) is 3. The number of nitrogens with zero attached hydrogens (tertiary/aromatic N) is 2. The second kappa shape index (κ2) is 11.7. The van der Waals surface area contributed by atoms with Gasteiger partial charge in [0.1, 0.15) is 18.1 Å². The number of hydrogen-bond acceptors (Lipinski definition) is 6. The summed E-state index contributed by atoms with van der Waals surface area (Å²) < 4.78 is 54.9. The normalized spacial score (nSPS) is 11.2. The molecule has 0 saturated carbocycles. The highest BCUT2D eigenvalue weighted by Crippen LogP contribution is 2.24. The molecule has 0 unspecified atom stereocenters. The molecule has 3 rings (SSSR count). The van der Waals surface area contributed by atoms with Gasteiger partial charge in [0, 0.05) is 12.2 Å². The average molecular weight is 512 g/mol. The maximum atomic E-state index is 13.0. The third kappa shape index (κ3) is 8.30. The molecule has 3 N–H and O–H groups in total. The molecule has 186 valence electrons. The molecule has 1 aromatic heterocycles. The highest BCUT2D eigenvalue weighted by atomic mass is 32.2. The third-order valence-corrected chi connectivity index (χ3v) is 5.46. The predicted molar refractivity (Wildman–Crippen MR) is 119 cm³/mol. The molecule has 2 aromatic carbocycles. The van der Waals surface area contributed by atoms with Crippen LogP contribution in [0.4, 0.5) is 23.2 Å². The zero-order chi connectivity index (χ0) is 25.4. The van der Waals surface area contributed by atoms with Crippen LogP contribution in [0, 0.1) is 5.82 Å². The number of thioether (sulfide) groups is 1. The van der Waals surface area contributed by atoms with Crippen molar-refractivity contribution in [1.82, 2.24) is 14.9 Å². The van der Waals surface area contributed by atoms with Crippen molar-refractivity contribution in [2.75, 3.05) is 11.1 Å². The summed E-state index contributed by atoms with van der Waals surface area (Å²) >= 11 is 1.01. The van der Waals surface area contributed by atoms with E-state index in [2.05, 4.69) is 20.4 Å². The quantitative estimate of drug-likeness (QED) is 0.284. The summed E-state index contributed by atoms with van der Waals surface area (Å²) in [6.07, 6.45) is -3.43. The van der Waals surface area contributed by atoms with Crippen molar-refractivity contribution in [3.63, 3.8) is 0 Å². The standard InChI is InChI=1S/C22H20F4N4O4S/c23-15-3-1-14(2-4-15)9-27-19(32)11-30-17(12-31)10-28-21(30)35-13-20(33)29-16-5-7-18(8-6-16)34-22(24,25)26/h1-8,10,31H,9,11-13H2,(H,27,32)(H,29,33). The first-order valence-corrected chi connectivity index (χ1v) is 11.1. The number of anilines is 1. The summed E-state index contributed by atoms with van der Waals surface area (Å²) in [5.41, 5.74) is 1.34. The van der Waals surface area contributed by atoms with Crippen molar-refractivity contribution in [2.45, 2.75) is 31.2 Å². The summed E-state index contributed by atoms with van der Waals surface area (Å²) in [5.74, 6) is -1.75. The summed E-state index contributed by atoms with van der Waals surface area (Å²) in [6, 6.07) is 10.3. The van der Waals surface area contributed by atoms with E-state index >= 15 is 0 Å². The van der Waals surface area contributed by atoms with E-state index in [1.165, 1.54) is 35.0 Å². The van der Waals surface area contributed by atoms with Gasteiger partial charge < -0.3 is 25.0 Å². The van der Waals surface area contributed by atoms with Gasteiger partial charge in [-0.2, -0.15) is 0 Å². The van der Waals surface area contributed by atoms with Crippen LogP contribution >= 0.6 is 11.8 Å². The van der Waals surface area contributed by atoms with E-state index in [9.17, 15) is 32.3 Å². The van der Waals surface area contributed by atoms with Crippen LogP contribution in [0.15, 0.2) is 59.9 Å². The van der Waals surface area contributed by atoms with E-state index in [4.69, 9.17) is 0 Å². The molecule has 0 spiro atoms. The lowest BCUT2D eigenvalue weighted by molar-refractivity contribution is -0.274. The van der Waals surface area contributed by atoms with Crippen LogP contribution in [0.1, 0.15) is 11.3 Å². The van der Waals surface area contributed by atoms with Gasteiger partial charge in [-0.25, -0.2) is 9.37 Å². The maximum absolute atomic E-state index is 13.0. The Hall–Kier alpha value is -3.58. The van der Waals surface area contributed by atoms with Crippen LogP contribution < -0.4 is 15.4 Å². The predicted octanol–water partition coefficient (Wildman–Crippen LogP) is 3.46. The molecule has 0 atom stereocenters. The van der Waals surface area contributed by atoms with Crippen LogP contribution in [0.2, 0.25) is 0 Å². The van der Waals surface area contributed by atoms with Crippen LogP contribution in [-0.4, -0.2) is 38.6 Å². The molecule has 0 radical (unpaired) electrons. The van der Waals surface area contributed by atoms with Gasteiger partial charge in [-0.05, 0) is 42.0 Å². The largest absolute Gasteiger partial charge is 0.573 e. The van der Waals surface area contributed by atoms with Crippen LogP contribution in [0.25, 0.3) is 0 Å². The highest BCUT2D eigenvalue weighted by Gasteiger charge is 2.31. The molecule has 13 heteroatoms. The topological polar surface area (TPSA) is 105 Å². The smallest absolute Gasteiger partial charge is 0.406 e. The van der Waals surface area contributed by atoms with Crippen molar-refractivity contribution >= 4 is 29.3 Å². The van der Waals surface area contributed by atoms with Gasteiger partial charge >= 0.3 is 6.36 Å². The monoisotopic (exact) mass is 512 g/mol. The molecule has 0 bridgehead atoms. The lowest BCUT2D eigenvalue weighted by Gasteiger charge is -2.12. The second-order valence-electron chi connectivity index (χ2n) is 7.09.